The van der Waals surface area contributed by atoms with Gasteiger partial charge in [0.1, 0.15) is 0 Å². The minimum atomic E-state index is -0.316. The van der Waals surface area contributed by atoms with Crippen molar-refractivity contribution in [3.63, 3.8) is 0 Å². The van der Waals surface area contributed by atoms with Gasteiger partial charge in [0.05, 0.1) is 0 Å². The van der Waals surface area contributed by atoms with E-state index in [0.717, 1.165) is 5.56 Å². The average molecular weight is 272 g/mol. The van der Waals surface area contributed by atoms with Gasteiger partial charge < -0.3 is 20.8 Å². The van der Waals surface area contributed by atoms with Gasteiger partial charge in [0.15, 0.2) is 11.5 Å². The summed E-state index contributed by atoms with van der Waals surface area (Å²) in [5, 5.41) is 18.7. The first kappa shape index (κ1) is 13.7. The number of anilines is 1. The molecule has 0 saturated carbocycles. The molecule has 104 valence electrons. The molecule has 20 heavy (non-hydrogen) atoms. The highest BCUT2D eigenvalue weighted by atomic mass is 16.3. The second-order valence-corrected chi connectivity index (χ2v) is 4.56. The molecule has 5 heteroatoms. The molecule has 0 radical (unpaired) electrons. The lowest BCUT2D eigenvalue weighted by Gasteiger charge is -2.18. The van der Waals surface area contributed by atoms with E-state index in [9.17, 15) is 15.0 Å². The van der Waals surface area contributed by atoms with Crippen LogP contribution in [-0.4, -0.2) is 28.1 Å². The second kappa shape index (κ2) is 5.52. The molecule has 2 rings (SSSR count). The molecule has 5 nitrogen and oxygen atoms in total. The van der Waals surface area contributed by atoms with Crippen LogP contribution in [0.1, 0.15) is 15.9 Å². The monoisotopic (exact) mass is 272 g/mol. The largest absolute Gasteiger partial charge is 0.504 e. The summed E-state index contributed by atoms with van der Waals surface area (Å²) >= 11 is 0. The van der Waals surface area contributed by atoms with Crippen LogP contribution in [-0.2, 0) is 6.54 Å². The van der Waals surface area contributed by atoms with Crippen molar-refractivity contribution in [1.82, 2.24) is 4.90 Å². The summed E-state index contributed by atoms with van der Waals surface area (Å²) in [5.41, 5.74) is 7.62. The molecule has 0 unspecified atom stereocenters. The van der Waals surface area contributed by atoms with Crippen LogP contribution in [0.4, 0.5) is 5.69 Å². The summed E-state index contributed by atoms with van der Waals surface area (Å²) in [4.78, 5) is 13.7. The van der Waals surface area contributed by atoms with Crippen molar-refractivity contribution in [3.05, 3.63) is 53.6 Å². The van der Waals surface area contributed by atoms with Gasteiger partial charge in [0, 0.05) is 24.8 Å². The third-order valence-corrected chi connectivity index (χ3v) is 3.03. The highest BCUT2D eigenvalue weighted by Crippen LogP contribution is 2.25. The highest BCUT2D eigenvalue weighted by molar-refractivity contribution is 5.94. The standard InChI is InChI=1S/C15H16N2O3/c1-17(9-11-4-2-3-5-12(11)16)15(20)10-6-7-13(18)14(19)8-10/h2-8,18-19H,9,16H2,1H3. The van der Waals surface area contributed by atoms with Gasteiger partial charge in [-0.3, -0.25) is 4.79 Å². The van der Waals surface area contributed by atoms with Gasteiger partial charge in [-0.05, 0) is 29.8 Å². The molecule has 0 heterocycles. The van der Waals surface area contributed by atoms with Crippen molar-refractivity contribution in [2.75, 3.05) is 12.8 Å². The lowest BCUT2D eigenvalue weighted by Crippen LogP contribution is -2.26. The molecule has 0 bridgehead atoms. The summed E-state index contributed by atoms with van der Waals surface area (Å²) in [6.45, 7) is 0.368. The van der Waals surface area contributed by atoms with Crippen LogP contribution in [0.25, 0.3) is 0 Å². The number of aromatic hydroxyl groups is 2. The average Bonchev–Trinajstić information content (AvgIpc) is 2.43. The first-order valence-electron chi connectivity index (χ1n) is 6.10. The van der Waals surface area contributed by atoms with Gasteiger partial charge in [0.25, 0.3) is 5.91 Å². The molecule has 0 saturated heterocycles. The molecule has 0 aliphatic heterocycles. The number of phenolic OH excluding ortho intramolecular Hbond substituents is 2. The van der Waals surface area contributed by atoms with Crippen LogP contribution in [0.3, 0.4) is 0 Å². The zero-order valence-corrected chi connectivity index (χ0v) is 11.1. The second-order valence-electron chi connectivity index (χ2n) is 4.56. The number of nitrogens with two attached hydrogens (primary N) is 1. The zero-order chi connectivity index (χ0) is 14.7. The predicted octanol–water partition coefficient (Wildman–Crippen LogP) is 1.95. The first-order valence-corrected chi connectivity index (χ1v) is 6.10. The molecule has 0 aromatic heterocycles. The molecular formula is C15H16N2O3. The number of hydrogen-bond donors (Lipinski definition) is 3. The Bertz CT molecular complexity index is 641. The molecule has 0 fully saturated rings. The summed E-state index contributed by atoms with van der Waals surface area (Å²) in [5.74, 6) is -0.830. The van der Waals surface area contributed by atoms with Gasteiger partial charge in [-0.1, -0.05) is 18.2 Å². The number of carbonyl (C=O) groups excluding carboxylic acids is 1. The third-order valence-electron chi connectivity index (χ3n) is 3.03. The fraction of sp³-hybridized carbons (Fsp3) is 0.133. The Kier molecular flexibility index (Phi) is 3.79. The lowest BCUT2D eigenvalue weighted by molar-refractivity contribution is 0.0785. The maximum Gasteiger partial charge on any atom is 0.254 e. The number of phenols is 2. The molecule has 0 aliphatic carbocycles. The van der Waals surface area contributed by atoms with Gasteiger partial charge in [0.2, 0.25) is 0 Å². The van der Waals surface area contributed by atoms with Gasteiger partial charge >= 0.3 is 0 Å². The van der Waals surface area contributed by atoms with Crippen molar-refractivity contribution >= 4 is 11.6 Å². The Morgan fingerprint density at radius 3 is 2.50 bits per heavy atom. The maximum atomic E-state index is 12.2. The maximum absolute atomic E-state index is 12.2. The number of nitrogen functional groups attached to an aromatic ring is 1. The highest BCUT2D eigenvalue weighted by Gasteiger charge is 2.14. The smallest absolute Gasteiger partial charge is 0.254 e. The van der Waals surface area contributed by atoms with Crippen molar-refractivity contribution in [2.24, 2.45) is 0 Å². The van der Waals surface area contributed by atoms with Crippen molar-refractivity contribution in [3.8, 4) is 11.5 Å². The summed E-state index contributed by atoms with van der Waals surface area (Å²) in [6, 6.07) is 11.3. The Hall–Kier alpha value is -2.69. The molecule has 2 aromatic rings. The normalized spacial score (nSPS) is 10.2. The van der Waals surface area contributed by atoms with Crippen LogP contribution < -0.4 is 5.73 Å². The summed E-state index contributed by atoms with van der Waals surface area (Å²) < 4.78 is 0. The number of para-hydroxylation sites is 1. The Morgan fingerprint density at radius 2 is 1.85 bits per heavy atom. The Balaban J connectivity index is 2.16. The molecular weight excluding hydrogens is 256 g/mol. The van der Waals surface area contributed by atoms with E-state index in [0.29, 0.717) is 17.8 Å². The first-order chi connectivity index (χ1) is 9.49. The van der Waals surface area contributed by atoms with Crippen LogP contribution in [0.15, 0.2) is 42.5 Å². The number of benzene rings is 2. The Morgan fingerprint density at radius 1 is 1.15 bits per heavy atom. The number of rotatable bonds is 3. The number of hydrogen-bond acceptors (Lipinski definition) is 4. The molecule has 0 aliphatic rings. The molecule has 0 atom stereocenters. The van der Waals surface area contributed by atoms with Crippen LogP contribution in [0, 0.1) is 0 Å². The fourth-order valence-electron chi connectivity index (χ4n) is 1.88. The van der Waals surface area contributed by atoms with Crippen molar-refractivity contribution in [1.29, 1.82) is 0 Å². The van der Waals surface area contributed by atoms with E-state index in [1.807, 2.05) is 18.2 Å². The molecule has 0 spiro atoms. The minimum Gasteiger partial charge on any atom is -0.504 e. The van der Waals surface area contributed by atoms with Crippen molar-refractivity contribution in [2.45, 2.75) is 6.54 Å². The van der Waals surface area contributed by atoms with E-state index in [-0.39, 0.29) is 17.4 Å². The van der Waals surface area contributed by atoms with E-state index in [1.54, 1.807) is 13.1 Å². The molecule has 4 N–H and O–H groups in total. The van der Waals surface area contributed by atoms with E-state index < -0.39 is 0 Å². The molecule has 2 aromatic carbocycles. The van der Waals surface area contributed by atoms with Crippen LogP contribution in [0.5, 0.6) is 11.5 Å². The lowest BCUT2D eigenvalue weighted by atomic mass is 10.1. The van der Waals surface area contributed by atoms with Gasteiger partial charge in [-0.2, -0.15) is 0 Å². The van der Waals surface area contributed by atoms with Gasteiger partial charge in [-0.15, -0.1) is 0 Å². The van der Waals surface area contributed by atoms with Crippen LogP contribution >= 0.6 is 0 Å². The summed E-state index contributed by atoms with van der Waals surface area (Å²) in [7, 11) is 1.65. The number of amides is 1. The fourth-order valence-corrected chi connectivity index (χ4v) is 1.88. The third kappa shape index (κ3) is 2.83. The van der Waals surface area contributed by atoms with E-state index >= 15 is 0 Å². The molecule has 1 amide bonds. The Labute approximate surface area is 116 Å². The van der Waals surface area contributed by atoms with Gasteiger partial charge in [-0.25, -0.2) is 0 Å². The van der Waals surface area contributed by atoms with E-state index in [1.165, 1.54) is 23.1 Å². The number of nitrogens with zero attached hydrogens (tertiary/aromatic N) is 1. The number of carbonyl (C=O) groups is 1. The topological polar surface area (TPSA) is 86.8 Å². The van der Waals surface area contributed by atoms with Crippen molar-refractivity contribution < 1.29 is 15.0 Å². The summed E-state index contributed by atoms with van der Waals surface area (Å²) in [6.07, 6.45) is 0. The van der Waals surface area contributed by atoms with E-state index in [2.05, 4.69) is 0 Å². The SMILES string of the molecule is CN(Cc1ccccc1N)C(=O)c1ccc(O)c(O)c1. The van der Waals surface area contributed by atoms with Crippen LogP contribution in [0.2, 0.25) is 0 Å². The quantitative estimate of drug-likeness (QED) is 0.588. The minimum absolute atomic E-state index is 0.253. The zero-order valence-electron chi connectivity index (χ0n) is 11.1. The van der Waals surface area contributed by atoms with E-state index in [4.69, 9.17) is 5.73 Å². The predicted molar refractivity (Wildman–Crippen MR) is 76.4 cm³/mol.